The largest absolute Gasteiger partial charge is 0.205 e. The van der Waals surface area contributed by atoms with Crippen molar-refractivity contribution in [2.24, 2.45) is 0 Å². The highest BCUT2D eigenvalue weighted by Crippen LogP contribution is 2.38. The Kier molecular flexibility index (Phi) is 4.06. The first-order valence-electron chi connectivity index (χ1n) is 4.43. The maximum Gasteiger partial charge on any atom is 0.142 e. The third-order valence-electron chi connectivity index (χ3n) is 2.10. The SMILES string of the molecule is Fc1c(Br)cccc1C(Br)c1ccc(Cl)s1. The van der Waals surface area contributed by atoms with Crippen LogP contribution in [0.4, 0.5) is 4.39 Å². The van der Waals surface area contributed by atoms with Crippen LogP contribution in [0, 0.1) is 5.82 Å². The number of alkyl halides is 1. The molecule has 2 aromatic rings. The molecule has 0 spiro atoms. The average molecular weight is 384 g/mol. The molecule has 1 heterocycles. The summed E-state index contributed by atoms with van der Waals surface area (Å²) in [4.78, 5) is 0.824. The Morgan fingerprint density at radius 2 is 2.00 bits per heavy atom. The van der Waals surface area contributed by atoms with Gasteiger partial charge in [0.25, 0.3) is 0 Å². The molecule has 0 aliphatic carbocycles. The molecule has 0 N–H and O–H groups in total. The fraction of sp³-hybridized carbons (Fsp3) is 0.0909. The molecule has 5 heteroatoms. The molecule has 16 heavy (non-hydrogen) atoms. The molecule has 1 unspecified atom stereocenters. The number of rotatable bonds is 2. The summed E-state index contributed by atoms with van der Waals surface area (Å²) < 4.78 is 15.0. The highest BCUT2D eigenvalue weighted by molar-refractivity contribution is 9.10. The van der Waals surface area contributed by atoms with E-state index in [9.17, 15) is 4.39 Å². The third-order valence-corrected chi connectivity index (χ3v) is 5.30. The van der Waals surface area contributed by atoms with Crippen molar-refractivity contribution in [3.05, 3.63) is 55.4 Å². The van der Waals surface area contributed by atoms with Crippen LogP contribution in [0.2, 0.25) is 4.34 Å². The van der Waals surface area contributed by atoms with Gasteiger partial charge in [-0.05, 0) is 34.1 Å². The normalized spacial score (nSPS) is 12.8. The summed E-state index contributed by atoms with van der Waals surface area (Å²) in [6.07, 6.45) is 0. The van der Waals surface area contributed by atoms with Gasteiger partial charge in [0.15, 0.2) is 0 Å². The van der Waals surface area contributed by atoms with Crippen LogP contribution >= 0.6 is 54.8 Å². The van der Waals surface area contributed by atoms with E-state index in [0.29, 0.717) is 14.4 Å². The Labute approximate surface area is 119 Å². The predicted molar refractivity (Wildman–Crippen MR) is 74.2 cm³/mol. The van der Waals surface area contributed by atoms with Gasteiger partial charge in [-0.25, -0.2) is 4.39 Å². The third kappa shape index (κ3) is 2.50. The molecule has 0 aliphatic rings. The summed E-state index contributed by atoms with van der Waals surface area (Å²) in [5, 5.41) is 0. The van der Waals surface area contributed by atoms with Crippen molar-refractivity contribution in [1.29, 1.82) is 0 Å². The second-order valence-electron chi connectivity index (χ2n) is 3.15. The Hall–Kier alpha value is 0.1000. The van der Waals surface area contributed by atoms with Crippen LogP contribution in [0.15, 0.2) is 34.8 Å². The minimum Gasteiger partial charge on any atom is -0.205 e. The van der Waals surface area contributed by atoms with E-state index in [4.69, 9.17) is 11.6 Å². The van der Waals surface area contributed by atoms with Crippen molar-refractivity contribution in [2.75, 3.05) is 0 Å². The summed E-state index contributed by atoms with van der Waals surface area (Å²) in [6, 6.07) is 8.96. The summed E-state index contributed by atoms with van der Waals surface area (Å²) in [7, 11) is 0. The van der Waals surface area contributed by atoms with Gasteiger partial charge in [-0.1, -0.05) is 39.7 Å². The predicted octanol–water partition coefficient (Wildman–Crippen LogP) is 5.79. The summed E-state index contributed by atoms with van der Waals surface area (Å²) in [6.45, 7) is 0. The maximum atomic E-state index is 13.8. The molecule has 0 saturated carbocycles. The van der Waals surface area contributed by atoms with E-state index in [0.717, 1.165) is 4.88 Å². The monoisotopic (exact) mass is 382 g/mol. The second-order valence-corrected chi connectivity index (χ2v) is 6.66. The minimum atomic E-state index is -0.242. The molecule has 84 valence electrons. The van der Waals surface area contributed by atoms with Crippen molar-refractivity contribution in [1.82, 2.24) is 0 Å². The van der Waals surface area contributed by atoms with E-state index in [1.54, 1.807) is 12.1 Å². The number of benzene rings is 1. The molecule has 0 amide bonds. The van der Waals surface area contributed by atoms with Gasteiger partial charge in [-0.3, -0.25) is 0 Å². The summed E-state index contributed by atoms with van der Waals surface area (Å²) in [5.74, 6) is -0.242. The summed E-state index contributed by atoms with van der Waals surface area (Å²) >= 11 is 14.0. The van der Waals surface area contributed by atoms with E-state index in [1.165, 1.54) is 11.3 Å². The fourth-order valence-corrected chi connectivity index (χ4v) is 3.56. The van der Waals surface area contributed by atoms with Crippen LogP contribution in [-0.2, 0) is 0 Å². The van der Waals surface area contributed by atoms with E-state index >= 15 is 0 Å². The van der Waals surface area contributed by atoms with Crippen molar-refractivity contribution >= 4 is 54.8 Å². The molecular formula is C11H6Br2ClFS. The molecule has 1 aromatic heterocycles. The lowest BCUT2D eigenvalue weighted by Gasteiger charge is -2.10. The quantitative estimate of drug-likeness (QED) is 0.575. The van der Waals surface area contributed by atoms with E-state index in [2.05, 4.69) is 31.9 Å². The standard InChI is InChI=1S/C11H6Br2ClFS/c12-7-3-1-2-6(11(7)15)10(13)8-4-5-9(14)16-8/h1-5,10H. The smallest absolute Gasteiger partial charge is 0.142 e. The van der Waals surface area contributed by atoms with Gasteiger partial charge in [-0.15, -0.1) is 11.3 Å². The zero-order valence-corrected chi connectivity index (χ0v) is 12.6. The molecule has 1 aromatic carbocycles. The molecule has 0 saturated heterocycles. The summed E-state index contributed by atoms with van der Waals surface area (Å²) in [5.41, 5.74) is 0.605. The second kappa shape index (κ2) is 5.17. The van der Waals surface area contributed by atoms with E-state index in [-0.39, 0.29) is 10.6 Å². The van der Waals surface area contributed by atoms with Crippen molar-refractivity contribution in [3.63, 3.8) is 0 Å². The first kappa shape index (κ1) is 12.6. The lowest BCUT2D eigenvalue weighted by molar-refractivity contribution is 0.607. The topological polar surface area (TPSA) is 0 Å². The van der Waals surface area contributed by atoms with Crippen LogP contribution < -0.4 is 0 Å². The molecular weight excluding hydrogens is 378 g/mol. The molecule has 0 nitrogen and oxygen atoms in total. The van der Waals surface area contributed by atoms with E-state index in [1.807, 2.05) is 18.2 Å². The van der Waals surface area contributed by atoms with Crippen LogP contribution in [-0.4, -0.2) is 0 Å². The molecule has 1 atom stereocenters. The number of hydrogen-bond acceptors (Lipinski definition) is 1. The van der Waals surface area contributed by atoms with Crippen LogP contribution in [0.3, 0.4) is 0 Å². The van der Waals surface area contributed by atoms with Crippen LogP contribution in [0.1, 0.15) is 15.3 Å². The van der Waals surface area contributed by atoms with Gasteiger partial charge in [-0.2, -0.15) is 0 Å². The number of hydrogen-bond donors (Lipinski definition) is 0. The zero-order valence-electron chi connectivity index (χ0n) is 7.88. The highest BCUT2D eigenvalue weighted by atomic mass is 79.9. The minimum absolute atomic E-state index is 0.164. The maximum absolute atomic E-state index is 13.8. The van der Waals surface area contributed by atoms with Gasteiger partial charge in [0.2, 0.25) is 0 Å². The lowest BCUT2D eigenvalue weighted by Crippen LogP contribution is -1.94. The van der Waals surface area contributed by atoms with Gasteiger partial charge in [0.1, 0.15) is 5.82 Å². The van der Waals surface area contributed by atoms with Gasteiger partial charge < -0.3 is 0 Å². The first-order chi connectivity index (χ1) is 7.59. The average Bonchev–Trinajstić information content (AvgIpc) is 2.68. The molecule has 2 rings (SSSR count). The van der Waals surface area contributed by atoms with Crippen molar-refractivity contribution < 1.29 is 4.39 Å². The Morgan fingerprint density at radius 1 is 1.25 bits per heavy atom. The first-order valence-corrected chi connectivity index (χ1v) is 7.33. The van der Waals surface area contributed by atoms with Gasteiger partial charge in [0, 0.05) is 10.4 Å². The van der Waals surface area contributed by atoms with Crippen LogP contribution in [0.25, 0.3) is 0 Å². The van der Waals surface area contributed by atoms with Crippen LogP contribution in [0.5, 0.6) is 0 Å². The molecule has 0 fully saturated rings. The van der Waals surface area contributed by atoms with Crippen molar-refractivity contribution in [2.45, 2.75) is 4.83 Å². The van der Waals surface area contributed by atoms with Crippen molar-refractivity contribution in [3.8, 4) is 0 Å². The van der Waals surface area contributed by atoms with Gasteiger partial charge >= 0.3 is 0 Å². The lowest BCUT2D eigenvalue weighted by atomic mass is 10.1. The Balaban J connectivity index is 2.41. The Bertz CT molecular complexity index is 512. The zero-order chi connectivity index (χ0) is 11.7. The number of halogens is 4. The highest BCUT2D eigenvalue weighted by Gasteiger charge is 2.17. The molecule has 0 aliphatic heterocycles. The Morgan fingerprint density at radius 3 is 2.62 bits per heavy atom. The fourth-order valence-electron chi connectivity index (χ4n) is 1.33. The molecule has 0 bridgehead atoms. The van der Waals surface area contributed by atoms with E-state index < -0.39 is 0 Å². The molecule has 0 radical (unpaired) electrons. The van der Waals surface area contributed by atoms with Gasteiger partial charge in [0.05, 0.1) is 13.6 Å². The number of thiophene rings is 1.